The van der Waals surface area contributed by atoms with Gasteiger partial charge in [-0.1, -0.05) is 13.8 Å². The van der Waals surface area contributed by atoms with Gasteiger partial charge in [0, 0.05) is 23.7 Å². The molecule has 7 nitrogen and oxygen atoms in total. The van der Waals surface area contributed by atoms with Crippen LogP contribution in [-0.2, 0) is 0 Å². The number of hydrogen-bond donors (Lipinski definition) is 2. The van der Waals surface area contributed by atoms with Gasteiger partial charge in [-0.05, 0) is 18.9 Å². The summed E-state index contributed by atoms with van der Waals surface area (Å²) in [6.07, 6.45) is 1.45. The van der Waals surface area contributed by atoms with Crippen LogP contribution in [0.2, 0.25) is 0 Å². The van der Waals surface area contributed by atoms with Crippen molar-refractivity contribution in [3.05, 3.63) is 39.4 Å². The van der Waals surface area contributed by atoms with Crippen LogP contribution in [0.25, 0.3) is 0 Å². The first-order chi connectivity index (χ1) is 9.38. The zero-order chi connectivity index (χ0) is 15.3. The van der Waals surface area contributed by atoms with Crippen molar-refractivity contribution in [2.75, 3.05) is 0 Å². The Morgan fingerprint density at radius 1 is 1.25 bits per heavy atom. The van der Waals surface area contributed by atoms with E-state index in [1.165, 1.54) is 0 Å². The molecule has 0 saturated heterocycles. The second kappa shape index (κ2) is 6.65. The minimum absolute atomic E-state index is 0.0245. The van der Waals surface area contributed by atoms with Crippen LogP contribution in [0.15, 0.2) is 18.2 Å². The summed E-state index contributed by atoms with van der Waals surface area (Å²) in [5.41, 5.74) is -0.725. The molecule has 0 aliphatic heterocycles. The highest BCUT2D eigenvalue weighted by molar-refractivity contribution is 5.98. The third-order valence-electron chi connectivity index (χ3n) is 2.96. The summed E-state index contributed by atoms with van der Waals surface area (Å²) in [4.78, 5) is 33.0. The third kappa shape index (κ3) is 3.78. The zero-order valence-electron chi connectivity index (χ0n) is 11.3. The van der Waals surface area contributed by atoms with Gasteiger partial charge in [-0.15, -0.1) is 0 Å². The summed E-state index contributed by atoms with van der Waals surface area (Å²) in [5, 5.41) is 22.4. The first kappa shape index (κ1) is 15.6. The number of amides is 1. The van der Waals surface area contributed by atoms with E-state index in [2.05, 4.69) is 5.32 Å². The van der Waals surface area contributed by atoms with E-state index in [0.717, 1.165) is 31.0 Å². The van der Waals surface area contributed by atoms with Crippen LogP contribution in [-0.4, -0.2) is 27.9 Å². The number of nitrogens with one attached hydrogen (secondary N) is 1. The van der Waals surface area contributed by atoms with E-state index in [9.17, 15) is 19.7 Å². The standard InChI is InChI=1S/C13H16N2O5/c1-3-10(4-2)14-12(16)8-5-9(13(17)18)7-11(6-8)15(19)20/h5-7,10H,3-4H2,1-2H3,(H,14,16)(H,17,18). The van der Waals surface area contributed by atoms with Gasteiger partial charge >= 0.3 is 5.97 Å². The highest BCUT2D eigenvalue weighted by atomic mass is 16.6. The molecule has 0 saturated carbocycles. The predicted molar refractivity (Wildman–Crippen MR) is 71.9 cm³/mol. The van der Waals surface area contributed by atoms with Crippen molar-refractivity contribution in [3.63, 3.8) is 0 Å². The second-order valence-electron chi connectivity index (χ2n) is 4.32. The van der Waals surface area contributed by atoms with E-state index in [0.29, 0.717) is 0 Å². The maximum Gasteiger partial charge on any atom is 0.335 e. The topological polar surface area (TPSA) is 110 Å². The van der Waals surface area contributed by atoms with E-state index in [1.54, 1.807) is 0 Å². The highest BCUT2D eigenvalue weighted by Crippen LogP contribution is 2.18. The lowest BCUT2D eigenvalue weighted by atomic mass is 10.1. The van der Waals surface area contributed by atoms with Crippen molar-refractivity contribution >= 4 is 17.6 Å². The van der Waals surface area contributed by atoms with Gasteiger partial charge in [-0.2, -0.15) is 0 Å². The third-order valence-corrected chi connectivity index (χ3v) is 2.96. The molecule has 0 unspecified atom stereocenters. The molecule has 2 N–H and O–H groups in total. The molecule has 1 rings (SSSR count). The molecule has 108 valence electrons. The van der Waals surface area contributed by atoms with Crippen molar-refractivity contribution in [2.24, 2.45) is 0 Å². The molecule has 0 spiro atoms. The summed E-state index contributed by atoms with van der Waals surface area (Å²) in [6, 6.07) is 3.09. The van der Waals surface area contributed by atoms with Crippen LogP contribution >= 0.6 is 0 Å². The van der Waals surface area contributed by atoms with E-state index in [-0.39, 0.29) is 17.2 Å². The molecule has 1 aromatic rings. The van der Waals surface area contributed by atoms with Crippen LogP contribution in [0.1, 0.15) is 47.4 Å². The number of carbonyl (C=O) groups excluding carboxylic acids is 1. The lowest BCUT2D eigenvalue weighted by Crippen LogP contribution is -2.33. The van der Waals surface area contributed by atoms with Crippen LogP contribution < -0.4 is 5.32 Å². The number of rotatable bonds is 6. The molecule has 0 aliphatic carbocycles. The molecule has 0 atom stereocenters. The molecule has 0 aliphatic rings. The monoisotopic (exact) mass is 280 g/mol. The Kier molecular flexibility index (Phi) is 5.19. The van der Waals surface area contributed by atoms with E-state index in [4.69, 9.17) is 5.11 Å². The Morgan fingerprint density at radius 2 is 1.80 bits per heavy atom. The summed E-state index contributed by atoms with van der Waals surface area (Å²) in [7, 11) is 0. The van der Waals surface area contributed by atoms with Crippen molar-refractivity contribution in [3.8, 4) is 0 Å². The smallest absolute Gasteiger partial charge is 0.335 e. The number of carboxylic acid groups (broad SMARTS) is 1. The summed E-state index contributed by atoms with van der Waals surface area (Å²) in [5.74, 6) is -1.82. The second-order valence-corrected chi connectivity index (χ2v) is 4.32. The van der Waals surface area contributed by atoms with Gasteiger partial charge in [0.1, 0.15) is 0 Å². The number of hydrogen-bond acceptors (Lipinski definition) is 4. The maximum atomic E-state index is 12.0. The zero-order valence-corrected chi connectivity index (χ0v) is 11.3. The average Bonchev–Trinajstić information content (AvgIpc) is 2.43. The molecule has 0 radical (unpaired) electrons. The van der Waals surface area contributed by atoms with Gasteiger partial charge in [0.25, 0.3) is 11.6 Å². The fourth-order valence-electron chi connectivity index (χ4n) is 1.73. The molecule has 0 fully saturated rings. The molecule has 1 aromatic carbocycles. The van der Waals surface area contributed by atoms with Gasteiger partial charge in [0.15, 0.2) is 0 Å². The molecule has 20 heavy (non-hydrogen) atoms. The Balaban J connectivity index is 3.13. The minimum Gasteiger partial charge on any atom is -0.478 e. The van der Waals surface area contributed by atoms with Gasteiger partial charge in [0.05, 0.1) is 10.5 Å². The normalized spacial score (nSPS) is 10.3. The van der Waals surface area contributed by atoms with Gasteiger partial charge in [-0.25, -0.2) is 4.79 Å². The predicted octanol–water partition coefficient (Wildman–Crippen LogP) is 2.21. The number of nitro groups is 1. The van der Waals surface area contributed by atoms with Gasteiger partial charge in [0.2, 0.25) is 0 Å². The molecule has 1 amide bonds. The maximum absolute atomic E-state index is 12.0. The largest absolute Gasteiger partial charge is 0.478 e. The van der Waals surface area contributed by atoms with E-state index < -0.39 is 22.5 Å². The number of nitro benzene ring substituents is 1. The van der Waals surface area contributed by atoms with Crippen molar-refractivity contribution in [1.29, 1.82) is 0 Å². The minimum atomic E-state index is -1.31. The molecule has 7 heteroatoms. The molecular formula is C13H16N2O5. The number of nitrogens with zero attached hydrogens (tertiary/aromatic N) is 1. The molecule has 0 aromatic heterocycles. The number of carboxylic acids is 1. The Morgan fingerprint density at radius 3 is 2.25 bits per heavy atom. The summed E-state index contributed by atoms with van der Waals surface area (Å²) in [6.45, 7) is 3.81. The molecule has 0 heterocycles. The van der Waals surface area contributed by atoms with Crippen LogP contribution in [0.4, 0.5) is 5.69 Å². The Hall–Kier alpha value is -2.44. The summed E-state index contributed by atoms with van der Waals surface area (Å²) < 4.78 is 0. The van der Waals surface area contributed by atoms with Gasteiger partial charge in [-0.3, -0.25) is 14.9 Å². The fourth-order valence-corrected chi connectivity index (χ4v) is 1.73. The lowest BCUT2D eigenvalue weighted by Gasteiger charge is -2.14. The van der Waals surface area contributed by atoms with Crippen LogP contribution in [0.3, 0.4) is 0 Å². The van der Waals surface area contributed by atoms with Gasteiger partial charge < -0.3 is 10.4 Å². The van der Waals surface area contributed by atoms with Crippen molar-refractivity contribution in [1.82, 2.24) is 5.32 Å². The number of aromatic carboxylic acids is 1. The molecule has 0 bridgehead atoms. The van der Waals surface area contributed by atoms with Crippen LogP contribution in [0.5, 0.6) is 0 Å². The van der Waals surface area contributed by atoms with Crippen molar-refractivity contribution < 1.29 is 19.6 Å². The van der Waals surface area contributed by atoms with E-state index >= 15 is 0 Å². The summed E-state index contributed by atoms with van der Waals surface area (Å²) >= 11 is 0. The fraction of sp³-hybridized carbons (Fsp3) is 0.385. The molecular weight excluding hydrogens is 264 g/mol. The number of non-ortho nitro benzene ring substituents is 1. The average molecular weight is 280 g/mol. The Labute approximate surface area is 115 Å². The van der Waals surface area contributed by atoms with Crippen molar-refractivity contribution in [2.45, 2.75) is 32.7 Å². The van der Waals surface area contributed by atoms with E-state index in [1.807, 2.05) is 13.8 Å². The first-order valence-electron chi connectivity index (χ1n) is 6.22. The quantitative estimate of drug-likeness (QED) is 0.613. The number of carbonyl (C=O) groups is 2. The first-order valence-corrected chi connectivity index (χ1v) is 6.22. The number of benzene rings is 1. The SMILES string of the molecule is CCC(CC)NC(=O)c1cc(C(=O)O)cc([N+](=O)[O-])c1. The Bertz CT molecular complexity index is 505. The highest BCUT2D eigenvalue weighted by Gasteiger charge is 2.18. The van der Waals surface area contributed by atoms with Crippen LogP contribution in [0, 0.1) is 10.1 Å². The lowest BCUT2D eigenvalue weighted by molar-refractivity contribution is -0.384.